The highest BCUT2D eigenvalue weighted by Crippen LogP contribution is 2.25. The Hall–Kier alpha value is -4.03. The van der Waals surface area contributed by atoms with Crippen molar-refractivity contribution >= 4 is 5.57 Å². The summed E-state index contributed by atoms with van der Waals surface area (Å²) in [5.41, 5.74) is 8.19. The van der Waals surface area contributed by atoms with Crippen LogP contribution in [0.3, 0.4) is 0 Å². The Bertz CT molecular complexity index is 1310. The van der Waals surface area contributed by atoms with Crippen molar-refractivity contribution in [2.75, 3.05) is 0 Å². The number of nitriles is 1. The standard InChI is InChI=1S/C27H28FN.C7H9N/c1-19(2)25(21(4)10-7-12-23-11-6-9-20(3)17-23)16-15-22(5)27-24(18-29)13-8-14-26(27)28;1-2-7-4-3-5-8-6-7/h6,8-9,11,13-17H,1,4,7,10,12H2,2-3,5H3;3-6H,2H2,1H3/b22-15+,25-16-;. The lowest BCUT2D eigenvalue weighted by Gasteiger charge is -2.11. The summed E-state index contributed by atoms with van der Waals surface area (Å²) in [5, 5.41) is 9.27. The predicted molar refractivity (Wildman–Crippen MR) is 155 cm³/mol. The third-order valence-corrected chi connectivity index (χ3v) is 6.03. The van der Waals surface area contributed by atoms with Gasteiger partial charge in [-0.2, -0.15) is 5.26 Å². The van der Waals surface area contributed by atoms with Crippen molar-refractivity contribution in [1.29, 1.82) is 5.26 Å². The Morgan fingerprint density at radius 3 is 2.35 bits per heavy atom. The summed E-state index contributed by atoms with van der Waals surface area (Å²) in [6.45, 7) is 16.3. The molecule has 0 spiro atoms. The van der Waals surface area contributed by atoms with E-state index in [-0.39, 0.29) is 5.82 Å². The summed E-state index contributed by atoms with van der Waals surface area (Å²) in [5.74, 6) is -0.389. The predicted octanol–water partition coefficient (Wildman–Crippen LogP) is 9.13. The smallest absolute Gasteiger partial charge is 0.132 e. The number of hydrogen-bond acceptors (Lipinski definition) is 2. The molecule has 0 aliphatic rings. The number of aryl methyl sites for hydroxylation is 3. The quantitative estimate of drug-likeness (QED) is 0.279. The third-order valence-electron chi connectivity index (χ3n) is 6.03. The van der Waals surface area contributed by atoms with Crippen LogP contribution in [0.5, 0.6) is 0 Å². The van der Waals surface area contributed by atoms with Crippen LogP contribution in [-0.2, 0) is 12.8 Å². The molecule has 1 heterocycles. The molecule has 0 N–H and O–H groups in total. The first kappa shape index (κ1) is 29.2. The highest BCUT2D eigenvalue weighted by molar-refractivity contribution is 5.71. The van der Waals surface area contributed by atoms with E-state index in [2.05, 4.69) is 68.4 Å². The summed E-state index contributed by atoms with van der Waals surface area (Å²) in [4.78, 5) is 3.96. The molecule has 2 aromatic carbocycles. The van der Waals surface area contributed by atoms with Crippen LogP contribution in [0.2, 0.25) is 0 Å². The summed E-state index contributed by atoms with van der Waals surface area (Å²) in [6, 6.07) is 19.2. The van der Waals surface area contributed by atoms with Crippen LogP contribution in [-0.4, -0.2) is 4.98 Å². The second-order valence-electron chi connectivity index (χ2n) is 9.15. The molecule has 0 unspecified atom stereocenters. The molecular formula is C34H37FN2. The minimum Gasteiger partial charge on any atom is -0.264 e. The number of halogens is 1. The van der Waals surface area contributed by atoms with E-state index in [1.54, 1.807) is 18.3 Å². The molecule has 0 atom stereocenters. The fourth-order valence-corrected chi connectivity index (χ4v) is 3.99. The van der Waals surface area contributed by atoms with Gasteiger partial charge in [-0.1, -0.05) is 79.8 Å². The minimum absolute atomic E-state index is 0.334. The Balaban J connectivity index is 0.000000510. The van der Waals surface area contributed by atoms with Gasteiger partial charge in [0.05, 0.1) is 11.6 Å². The number of nitrogens with zero attached hydrogens (tertiary/aromatic N) is 2. The van der Waals surface area contributed by atoms with E-state index in [4.69, 9.17) is 0 Å². The normalized spacial score (nSPS) is 11.2. The molecule has 0 aliphatic carbocycles. The molecule has 0 saturated heterocycles. The molecule has 0 amide bonds. The zero-order chi connectivity index (χ0) is 27.2. The van der Waals surface area contributed by atoms with Gasteiger partial charge in [-0.05, 0) is 92.5 Å². The van der Waals surface area contributed by atoms with Crippen LogP contribution in [0.4, 0.5) is 4.39 Å². The molecule has 0 bridgehead atoms. The summed E-state index contributed by atoms with van der Waals surface area (Å²) in [7, 11) is 0. The average molecular weight is 493 g/mol. The van der Waals surface area contributed by atoms with Crippen molar-refractivity contribution in [3.05, 3.63) is 143 Å². The number of rotatable bonds is 9. The van der Waals surface area contributed by atoms with Gasteiger partial charge < -0.3 is 0 Å². The number of aromatic nitrogens is 1. The Morgan fingerprint density at radius 1 is 1.03 bits per heavy atom. The van der Waals surface area contributed by atoms with Gasteiger partial charge in [0.1, 0.15) is 5.82 Å². The maximum atomic E-state index is 14.2. The highest BCUT2D eigenvalue weighted by Gasteiger charge is 2.10. The first-order chi connectivity index (χ1) is 17.8. The van der Waals surface area contributed by atoms with E-state index < -0.39 is 0 Å². The zero-order valence-corrected chi connectivity index (χ0v) is 22.5. The van der Waals surface area contributed by atoms with Gasteiger partial charge in [0.2, 0.25) is 0 Å². The lowest BCUT2D eigenvalue weighted by atomic mass is 9.94. The minimum atomic E-state index is -0.389. The van der Waals surface area contributed by atoms with Crippen LogP contribution in [0.1, 0.15) is 61.4 Å². The van der Waals surface area contributed by atoms with Crippen molar-refractivity contribution in [1.82, 2.24) is 4.98 Å². The summed E-state index contributed by atoms with van der Waals surface area (Å²) >= 11 is 0. The first-order valence-electron chi connectivity index (χ1n) is 12.6. The van der Waals surface area contributed by atoms with E-state index in [1.165, 1.54) is 22.8 Å². The molecule has 3 heteroatoms. The van der Waals surface area contributed by atoms with Crippen LogP contribution in [0, 0.1) is 24.1 Å². The maximum Gasteiger partial charge on any atom is 0.132 e. The molecule has 2 nitrogen and oxygen atoms in total. The van der Waals surface area contributed by atoms with Crippen molar-refractivity contribution in [2.45, 2.75) is 53.4 Å². The number of pyridine rings is 1. The molecule has 0 fully saturated rings. The van der Waals surface area contributed by atoms with E-state index in [1.807, 2.05) is 38.3 Å². The second kappa shape index (κ2) is 15.2. The second-order valence-corrected chi connectivity index (χ2v) is 9.15. The Kier molecular flexibility index (Phi) is 12.0. The molecule has 0 radical (unpaired) electrons. The molecule has 0 saturated carbocycles. The third kappa shape index (κ3) is 9.50. The van der Waals surface area contributed by atoms with Crippen LogP contribution in [0.15, 0.2) is 109 Å². The van der Waals surface area contributed by atoms with Gasteiger partial charge in [-0.15, -0.1) is 0 Å². The SMILES string of the molecule is C=C(C)/C(=C/C=C(\C)c1c(F)cccc1C#N)C(=C)CCCc1cccc(C)c1.CCc1cccnc1. The van der Waals surface area contributed by atoms with E-state index >= 15 is 0 Å². The fourth-order valence-electron chi connectivity index (χ4n) is 3.99. The number of allylic oxidation sites excluding steroid dienone is 6. The van der Waals surface area contributed by atoms with Crippen LogP contribution in [0.25, 0.3) is 5.57 Å². The molecular weight excluding hydrogens is 455 g/mol. The molecule has 37 heavy (non-hydrogen) atoms. The molecule has 3 aromatic rings. The van der Waals surface area contributed by atoms with Crippen molar-refractivity contribution in [3.8, 4) is 6.07 Å². The van der Waals surface area contributed by atoms with Gasteiger partial charge in [-0.25, -0.2) is 4.39 Å². The molecule has 0 aliphatic heterocycles. The Morgan fingerprint density at radius 2 is 1.76 bits per heavy atom. The maximum absolute atomic E-state index is 14.2. The van der Waals surface area contributed by atoms with Gasteiger partial charge in [0, 0.05) is 18.0 Å². The largest absolute Gasteiger partial charge is 0.264 e. The Labute approximate surface area is 222 Å². The lowest BCUT2D eigenvalue weighted by molar-refractivity contribution is 0.623. The van der Waals surface area contributed by atoms with Crippen LogP contribution >= 0.6 is 0 Å². The number of benzene rings is 2. The highest BCUT2D eigenvalue weighted by atomic mass is 19.1. The van der Waals surface area contributed by atoms with E-state index in [9.17, 15) is 9.65 Å². The van der Waals surface area contributed by atoms with Gasteiger partial charge in [0.25, 0.3) is 0 Å². The summed E-state index contributed by atoms with van der Waals surface area (Å²) < 4.78 is 14.2. The van der Waals surface area contributed by atoms with Gasteiger partial charge >= 0.3 is 0 Å². The van der Waals surface area contributed by atoms with E-state index in [0.717, 1.165) is 42.4 Å². The monoisotopic (exact) mass is 492 g/mol. The molecule has 3 rings (SSSR count). The van der Waals surface area contributed by atoms with Crippen molar-refractivity contribution in [3.63, 3.8) is 0 Å². The van der Waals surface area contributed by atoms with E-state index in [0.29, 0.717) is 16.7 Å². The zero-order valence-electron chi connectivity index (χ0n) is 22.5. The molecule has 1 aromatic heterocycles. The summed E-state index contributed by atoms with van der Waals surface area (Å²) in [6.07, 6.45) is 11.4. The van der Waals surface area contributed by atoms with Crippen molar-refractivity contribution < 1.29 is 4.39 Å². The first-order valence-corrected chi connectivity index (χ1v) is 12.6. The lowest BCUT2D eigenvalue weighted by Crippen LogP contribution is -1.94. The van der Waals surface area contributed by atoms with Crippen molar-refractivity contribution in [2.24, 2.45) is 0 Å². The number of hydrogen-bond donors (Lipinski definition) is 0. The van der Waals surface area contributed by atoms with Gasteiger partial charge in [0.15, 0.2) is 0 Å². The molecule has 190 valence electrons. The fraction of sp³-hybridized carbons (Fsp3) is 0.235. The topological polar surface area (TPSA) is 36.7 Å². The average Bonchev–Trinajstić information content (AvgIpc) is 2.89. The van der Waals surface area contributed by atoms with Crippen LogP contribution < -0.4 is 0 Å². The van der Waals surface area contributed by atoms with Gasteiger partial charge in [-0.3, -0.25) is 4.98 Å².